The van der Waals surface area contributed by atoms with Gasteiger partial charge in [0.05, 0.1) is 5.25 Å². The third-order valence-corrected chi connectivity index (χ3v) is 5.05. The first kappa shape index (κ1) is 19.8. The number of hydrogen-bond donors (Lipinski definition) is 2. The van der Waals surface area contributed by atoms with Gasteiger partial charge in [-0.2, -0.15) is 0 Å². The number of aryl methyl sites for hydroxylation is 2. The summed E-state index contributed by atoms with van der Waals surface area (Å²) in [4.78, 5) is 12.4. The number of amides is 1. The minimum atomic E-state index is -0.389. The summed E-state index contributed by atoms with van der Waals surface area (Å²) in [6.07, 6.45) is 0. The summed E-state index contributed by atoms with van der Waals surface area (Å²) < 4.78 is 7.15. The molecule has 0 fully saturated rings. The van der Waals surface area contributed by atoms with Gasteiger partial charge in [-0.25, -0.2) is 4.68 Å². The highest BCUT2D eigenvalue weighted by molar-refractivity contribution is 8.00. The molecular weight excluding hydrogens is 374 g/mol. The highest BCUT2D eigenvalue weighted by Gasteiger charge is 2.19. The third-order valence-electron chi connectivity index (χ3n) is 3.99. The van der Waals surface area contributed by atoms with E-state index < -0.39 is 0 Å². The molecule has 0 bridgehead atoms. The second-order valence-corrected chi connectivity index (χ2v) is 7.80. The van der Waals surface area contributed by atoms with E-state index in [-0.39, 0.29) is 17.8 Å². The van der Waals surface area contributed by atoms with Crippen LogP contribution in [0, 0.1) is 13.8 Å². The van der Waals surface area contributed by atoms with Gasteiger partial charge in [-0.15, -0.1) is 10.2 Å². The van der Waals surface area contributed by atoms with E-state index in [1.54, 1.807) is 6.92 Å². The van der Waals surface area contributed by atoms with Crippen LogP contribution in [0.4, 0.5) is 5.69 Å². The quantitative estimate of drug-likeness (QED) is 0.469. The minimum absolute atomic E-state index is 0.132. The van der Waals surface area contributed by atoms with Crippen LogP contribution in [-0.4, -0.2) is 26.0 Å². The second kappa shape index (κ2) is 8.79. The molecule has 3 N–H and O–H groups in total. The molecule has 1 atom stereocenters. The van der Waals surface area contributed by atoms with Crippen LogP contribution in [0.25, 0.3) is 0 Å². The normalized spacial score (nSPS) is 11.8. The van der Waals surface area contributed by atoms with Crippen molar-refractivity contribution in [3.63, 3.8) is 0 Å². The molecule has 1 amide bonds. The number of thioether (sulfide) groups is 1. The first-order valence-electron chi connectivity index (χ1n) is 8.85. The number of ether oxygens (including phenoxy) is 1. The lowest BCUT2D eigenvalue weighted by molar-refractivity contribution is -0.115. The van der Waals surface area contributed by atoms with Crippen LogP contribution >= 0.6 is 11.8 Å². The largest absolute Gasteiger partial charge is 0.486 e. The molecule has 3 aromatic rings. The maximum Gasteiger partial charge on any atom is 0.237 e. The van der Waals surface area contributed by atoms with Crippen molar-refractivity contribution < 1.29 is 9.53 Å². The maximum atomic E-state index is 12.4. The monoisotopic (exact) mass is 397 g/mol. The molecule has 0 radical (unpaired) electrons. The van der Waals surface area contributed by atoms with Crippen LogP contribution in [0.2, 0.25) is 0 Å². The van der Waals surface area contributed by atoms with Gasteiger partial charge in [-0.3, -0.25) is 4.79 Å². The molecule has 8 heteroatoms. The molecule has 0 aliphatic carbocycles. The van der Waals surface area contributed by atoms with Gasteiger partial charge in [0.15, 0.2) is 5.82 Å². The van der Waals surface area contributed by atoms with Gasteiger partial charge in [-0.1, -0.05) is 36.0 Å². The van der Waals surface area contributed by atoms with E-state index in [1.807, 2.05) is 56.3 Å². The van der Waals surface area contributed by atoms with Crippen LogP contribution in [-0.2, 0) is 11.4 Å². The Kier molecular flexibility index (Phi) is 6.20. The molecule has 1 heterocycles. The van der Waals surface area contributed by atoms with Crippen molar-refractivity contribution in [2.45, 2.75) is 37.8 Å². The zero-order chi connectivity index (χ0) is 20.1. The number of hydrogen-bond acceptors (Lipinski definition) is 6. The number of nitrogens with two attached hydrogens (primary N) is 1. The van der Waals surface area contributed by atoms with Crippen molar-refractivity contribution in [1.82, 2.24) is 14.9 Å². The van der Waals surface area contributed by atoms with Gasteiger partial charge >= 0.3 is 0 Å². The summed E-state index contributed by atoms with van der Waals surface area (Å²) in [5, 5.41) is 11.1. The van der Waals surface area contributed by atoms with Gasteiger partial charge in [-0.05, 0) is 56.2 Å². The Morgan fingerprint density at radius 3 is 2.54 bits per heavy atom. The van der Waals surface area contributed by atoms with E-state index in [0.29, 0.717) is 11.0 Å². The van der Waals surface area contributed by atoms with Gasteiger partial charge in [0.2, 0.25) is 11.1 Å². The lowest BCUT2D eigenvalue weighted by Crippen LogP contribution is -2.24. The lowest BCUT2D eigenvalue weighted by Gasteiger charge is -2.11. The number of carbonyl (C=O) groups is 1. The van der Waals surface area contributed by atoms with Gasteiger partial charge < -0.3 is 15.9 Å². The number of benzene rings is 2. The Bertz CT molecular complexity index is 938. The van der Waals surface area contributed by atoms with Crippen LogP contribution in [0.1, 0.15) is 23.9 Å². The fourth-order valence-electron chi connectivity index (χ4n) is 2.63. The van der Waals surface area contributed by atoms with Gasteiger partial charge in [0.1, 0.15) is 12.4 Å². The van der Waals surface area contributed by atoms with E-state index in [4.69, 9.17) is 10.6 Å². The van der Waals surface area contributed by atoms with E-state index in [2.05, 4.69) is 21.6 Å². The van der Waals surface area contributed by atoms with Crippen LogP contribution in [0.15, 0.2) is 53.7 Å². The number of nitrogens with one attached hydrogen (secondary N) is 1. The third kappa shape index (κ3) is 5.04. The molecule has 0 unspecified atom stereocenters. The highest BCUT2D eigenvalue weighted by atomic mass is 32.2. The summed E-state index contributed by atoms with van der Waals surface area (Å²) >= 11 is 1.24. The molecule has 0 saturated heterocycles. The minimum Gasteiger partial charge on any atom is -0.486 e. The zero-order valence-corrected chi connectivity index (χ0v) is 16.9. The van der Waals surface area contributed by atoms with E-state index >= 15 is 0 Å². The smallest absolute Gasteiger partial charge is 0.237 e. The van der Waals surface area contributed by atoms with Crippen molar-refractivity contribution >= 4 is 23.4 Å². The van der Waals surface area contributed by atoms with Crippen molar-refractivity contribution in [2.24, 2.45) is 0 Å². The van der Waals surface area contributed by atoms with E-state index in [1.165, 1.54) is 16.4 Å². The number of rotatable bonds is 7. The molecule has 0 aliphatic heterocycles. The molecule has 1 aromatic heterocycles. The standard InChI is InChI=1S/C20H23N5O2S/c1-13-9-14(2)11-17(10-13)27-12-18-23-24-20(25(18)21)28-15(3)19(26)22-16-7-5-4-6-8-16/h4-11,15H,12,21H2,1-3H3,(H,22,26)/t15-/m0/s1. The van der Waals surface area contributed by atoms with Gasteiger partial charge in [0, 0.05) is 5.69 Å². The Balaban J connectivity index is 1.60. The molecule has 7 nitrogen and oxygen atoms in total. The highest BCUT2D eigenvalue weighted by Crippen LogP contribution is 2.23. The topological polar surface area (TPSA) is 95.1 Å². The predicted molar refractivity (Wildman–Crippen MR) is 111 cm³/mol. The predicted octanol–water partition coefficient (Wildman–Crippen LogP) is 3.31. The number of para-hydroxylation sites is 1. The Labute approximate surface area is 168 Å². The summed E-state index contributed by atoms with van der Waals surface area (Å²) in [5.74, 6) is 7.19. The number of nitrogen functional groups attached to an aromatic ring is 1. The Morgan fingerprint density at radius 2 is 1.86 bits per heavy atom. The van der Waals surface area contributed by atoms with E-state index in [9.17, 15) is 4.79 Å². The fraction of sp³-hybridized carbons (Fsp3) is 0.250. The van der Waals surface area contributed by atoms with Crippen LogP contribution < -0.4 is 15.9 Å². The summed E-state index contributed by atoms with van der Waals surface area (Å²) in [6.45, 7) is 6.02. The number of nitrogens with zero attached hydrogens (tertiary/aromatic N) is 3. The van der Waals surface area contributed by atoms with Crippen molar-refractivity contribution in [3.05, 3.63) is 65.5 Å². The average molecular weight is 398 g/mol. The molecule has 3 rings (SSSR count). The Morgan fingerprint density at radius 1 is 1.18 bits per heavy atom. The summed E-state index contributed by atoms with van der Waals surface area (Å²) in [6, 6.07) is 15.3. The average Bonchev–Trinajstić information content (AvgIpc) is 3.00. The Hall–Kier alpha value is -3.00. The van der Waals surface area contributed by atoms with Crippen LogP contribution in [0.5, 0.6) is 5.75 Å². The number of carbonyl (C=O) groups excluding carboxylic acids is 1. The molecule has 146 valence electrons. The molecular formula is C20H23N5O2S. The molecule has 2 aromatic carbocycles. The molecule has 28 heavy (non-hydrogen) atoms. The fourth-order valence-corrected chi connectivity index (χ4v) is 3.42. The number of anilines is 1. The number of aromatic nitrogens is 3. The zero-order valence-electron chi connectivity index (χ0n) is 16.0. The molecule has 0 saturated carbocycles. The maximum absolute atomic E-state index is 12.4. The molecule has 0 spiro atoms. The lowest BCUT2D eigenvalue weighted by atomic mass is 10.1. The second-order valence-electron chi connectivity index (χ2n) is 6.50. The summed E-state index contributed by atoms with van der Waals surface area (Å²) in [5.41, 5.74) is 2.99. The SMILES string of the molecule is Cc1cc(C)cc(OCc2nnc(S[C@@H](C)C(=O)Nc3ccccc3)n2N)c1. The van der Waals surface area contributed by atoms with Crippen molar-refractivity contribution in [3.8, 4) is 5.75 Å². The van der Waals surface area contributed by atoms with Crippen LogP contribution in [0.3, 0.4) is 0 Å². The first-order chi connectivity index (χ1) is 13.4. The van der Waals surface area contributed by atoms with Crippen molar-refractivity contribution in [2.75, 3.05) is 11.2 Å². The molecule has 0 aliphatic rings. The van der Waals surface area contributed by atoms with Crippen molar-refractivity contribution in [1.29, 1.82) is 0 Å². The first-order valence-corrected chi connectivity index (χ1v) is 9.73. The summed E-state index contributed by atoms with van der Waals surface area (Å²) in [7, 11) is 0. The van der Waals surface area contributed by atoms with Gasteiger partial charge in [0.25, 0.3) is 0 Å². The van der Waals surface area contributed by atoms with E-state index in [0.717, 1.165) is 22.6 Å².